The van der Waals surface area contributed by atoms with Crippen LogP contribution >= 0.6 is 15.9 Å². The van der Waals surface area contributed by atoms with Gasteiger partial charge in [0.1, 0.15) is 5.82 Å². The minimum atomic E-state index is -0.403. The smallest absolute Gasteiger partial charge is 0.169 e. The van der Waals surface area contributed by atoms with Crippen molar-refractivity contribution < 1.29 is 13.9 Å². The second-order valence-corrected chi connectivity index (χ2v) is 4.32. The van der Waals surface area contributed by atoms with E-state index in [0.29, 0.717) is 18.8 Å². The van der Waals surface area contributed by atoms with Crippen molar-refractivity contribution in [2.24, 2.45) is 5.92 Å². The number of carbonyl (C=O) groups is 1. The molecule has 1 fully saturated rings. The van der Waals surface area contributed by atoms with E-state index in [1.165, 1.54) is 6.07 Å². The molecule has 0 N–H and O–H groups in total. The van der Waals surface area contributed by atoms with Crippen LogP contribution in [0.4, 0.5) is 4.39 Å². The van der Waals surface area contributed by atoms with E-state index in [2.05, 4.69) is 15.9 Å². The van der Waals surface area contributed by atoms with Crippen LogP contribution in [0.1, 0.15) is 16.8 Å². The summed E-state index contributed by atoms with van der Waals surface area (Å²) in [5, 5.41) is 0. The van der Waals surface area contributed by atoms with Gasteiger partial charge in [0, 0.05) is 18.1 Å². The van der Waals surface area contributed by atoms with Crippen LogP contribution < -0.4 is 0 Å². The lowest BCUT2D eigenvalue weighted by Crippen LogP contribution is -2.15. The van der Waals surface area contributed by atoms with Gasteiger partial charge in [-0.25, -0.2) is 4.39 Å². The van der Waals surface area contributed by atoms with Gasteiger partial charge >= 0.3 is 0 Å². The molecule has 1 heterocycles. The molecule has 1 aromatic carbocycles. The Bertz CT molecular complexity index is 386. The first kappa shape index (κ1) is 10.8. The Kier molecular flexibility index (Phi) is 3.17. The Balaban J connectivity index is 2.28. The summed E-state index contributed by atoms with van der Waals surface area (Å²) in [6, 6.07) is 4.50. The lowest BCUT2D eigenvalue weighted by molar-refractivity contribution is 0.0899. The lowest BCUT2D eigenvalue weighted by Gasteiger charge is -2.08. The summed E-state index contributed by atoms with van der Waals surface area (Å²) in [6.07, 6.45) is 0.724. The number of Topliss-reactive ketones (excluding diaryl/α,β-unsaturated/α-hetero) is 1. The average Bonchev–Trinajstić information content (AvgIpc) is 2.74. The van der Waals surface area contributed by atoms with Gasteiger partial charge in [0.05, 0.1) is 11.1 Å². The summed E-state index contributed by atoms with van der Waals surface area (Å²) >= 11 is 3.09. The van der Waals surface area contributed by atoms with Crippen LogP contribution in [0, 0.1) is 11.7 Å². The first-order valence-corrected chi connectivity index (χ1v) is 5.55. The molecule has 15 heavy (non-hydrogen) atoms. The molecule has 1 unspecified atom stereocenters. The van der Waals surface area contributed by atoms with E-state index < -0.39 is 5.82 Å². The van der Waals surface area contributed by atoms with E-state index >= 15 is 0 Å². The fourth-order valence-corrected chi connectivity index (χ4v) is 2.12. The van der Waals surface area contributed by atoms with Crippen molar-refractivity contribution in [1.82, 2.24) is 0 Å². The first-order chi connectivity index (χ1) is 7.20. The maximum absolute atomic E-state index is 13.2. The number of hydrogen-bond acceptors (Lipinski definition) is 2. The Morgan fingerprint density at radius 2 is 2.33 bits per heavy atom. The number of rotatable bonds is 2. The minimum absolute atomic E-state index is 0.0427. The zero-order chi connectivity index (χ0) is 10.8. The highest BCUT2D eigenvalue weighted by molar-refractivity contribution is 9.10. The van der Waals surface area contributed by atoms with Gasteiger partial charge in [0.15, 0.2) is 5.78 Å². The highest BCUT2D eigenvalue weighted by Crippen LogP contribution is 2.25. The predicted molar refractivity (Wildman–Crippen MR) is 57.4 cm³/mol. The number of benzene rings is 1. The van der Waals surface area contributed by atoms with E-state index in [4.69, 9.17) is 4.74 Å². The third-order valence-corrected chi connectivity index (χ3v) is 3.32. The highest BCUT2D eigenvalue weighted by atomic mass is 79.9. The Morgan fingerprint density at radius 3 is 3.00 bits per heavy atom. The van der Waals surface area contributed by atoms with Crippen LogP contribution in [0.5, 0.6) is 0 Å². The molecule has 0 bridgehead atoms. The normalized spacial score (nSPS) is 20.5. The van der Waals surface area contributed by atoms with E-state index in [1.54, 1.807) is 12.1 Å². The molecule has 1 aromatic rings. The second-order valence-electron chi connectivity index (χ2n) is 3.53. The van der Waals surface area contributed by atoms with Gasteiger partial charge in [-0.1, -0.05) is 12.1 Å². The zero-order valence-electron chi connectivity index (χ0n) is 8.00. The molecule has 4 heteroatoms. The standard InChI is InChI=1S/C11H10BrFO2/c12-10-8(2-1-3-9(10)13)11(14)7-4-5-15-6-7/h1-3,7H,4-6H2. The summed E-state index contributed by atoms with van der Waals surface area (Å²) in [5.41, 5.74) is 0.408. The first-order valence-electron chi connectivity index (χ1n) is 4.76. The van der Waals surface area contributed by atoms with Crippen LogP contribution in [0.15, 0.2) is 22.7 Å². The van der Waals surface area contributed by atoms with E-state index in [1.807, 2.05) is 0 Å². The van der Waals surface area contributed by atoms with Gasteiger partial charge in [-0.2, -0.15) is 0 Å². The molecule has 0 spiro atoms. The third-order valence-electron chi connectivity index (χ3n) is 2.52. The Hall–Kier alpha value is -0.740. The van der Waals surface area contributed by atoms with Gasteiger partial charge in [0.25, 0.3) is 0 Å². The average molecular weight is 273 g/mol. The Morgan fingerprint density at radius 1 is 1.53 bits per heavy atom. The molecular formula is C11H10BrFO2. The third kappa shape index (κ3) is 2.11. The number of ether oxygens (including phenoxy) is 1. The quantitative estimate of drug-likeness (QED) is 0.774. The molecule has 0 saturated carbocycles. The molecule has 0 amide bonds. The van der Waals surface area contributed by atoms with Gasteiger partial charge in [-0.05, 0) is 28.4 Å². The van der Waals surface area contributed by atoms with Gasteiger partial charge in [0.2, 0.25) is 0 Å². The van der Waals surface area contributed by atoms with Crippen LogP contribution in [0.25, 0.3) is 0 Å². The molecule has 0 aromatic heterocycles. The predicted octanol–water partition coefficient (Wildman–Crippen LogP) is 2.81. The lowest BCUT2D eigenvalue weighted by atomic mass is 9.97. The molecule has 1 aliphatic heterocycles. The maximum atomic E-state index is 13.2. The summed E-state index contributed by atoms with van der Waals surface area (Å²) in [7, 11) is 0. The molecule has 0 aliphatic carbocycles. The summed E-state index contributed by atoms with van der Waals surface area (Å²) < 4.78 is 18.6. The summed E-state index contributed by atoms with van der Waals surface area (Å²) in [5.74, 6) is -0.568. The fraction of sp³-hybridized carbons (Fsp3) is 0.364. The highest BCUT2D eigenvalue weighted by Gasteiger charge is 2.26. The molecule has 80 valence electrons. The molecule has 2 nitrogen and oxygen atoms in total. The molecule has 1 saturated heterocycles. The zero-order valence-corrected chi connectivity index (χ0v) is 9.59. The molecular weight excluding hydrogens is 263 g/mol. The van der Waals surface area contributed by atoms with Gasteiger partial charge in [-0.3, -0.25) is 4.79 Å². The van der Waals surface area contributed by atoms with E-state index in [0.717, 1.165) is 6.42 Å². The molecule has 1 aliphatic rings. The summed E-state index contributed by atoms with van der Waals surface area (Å²) in [6.45, 7) is 1.06. The van der Waals surface area contributed by atoms with Crippen LogP contribution in [-0.4, -0.2) is 19.0 Å². The topological polar surface area (TPSA) is 26.3 Å². The van der Waals surface area contributed by atoms with E-state index in [9.17, 15) is 9.18 Å². The van der Waals surface area contributed by atoms with Crippen LogP contribution in [0.3, 0.4) is 0 Å². The monoisotopic (exact) mass is 272 g/mol. The van der Waals surface area contributed by atoms with Gasteiger partial charge in [-0.15, -0.1) is 0 Å². The van der Waals surface area contributed by atoms with Crippen molar-refractivity contribution in [1.29, 1.82) is 0 Å². The van der Waals surface area contributed by atoms with Crippen molar-refractivity contribution in [2.45, 2.75) is 6.42 Å². The van der Waals surface area contributed by atoms with Crippen molar-refractivity contribution in [3.63, 3.8) is 0 Å². The number of carbonyl (C=O) groups excluding carboxylic acids is 1. The number of ketones is 1. The Labute approximate surface area is 95.6 Å². The van der Waals surface area contributed by atoms with Crippen LogP contribution in [0.2, 0.25) is 0 Å². The summed E-state index contributed by atoms with van der Waals surface area (Å²) in [4.78, 5) is 11.9. The van der Waals surface area contributed by atoms with Crippen molar-refractivity contribution >= 4 is 21.7 Å². The van der Waals surface area contributed by atoms with E-state index in [-0.39, 0.29) is 16.2 Å². The maximum Gasteiger partial charge on any atom is 0.169 e. The fourth-order valence-electron chi connectivity index (χ4n) is 1.66. The van der Waals surface area contributed by atoms with Gasteiger partial charge < -0.3 is 4.74 Å². The SMILES string of the molecule is O=C(c1cccc(F)c1Br)C1CCOC1. The van der Waals surface area contributed by atoms with Crippen molar-refractivity contribution in [3.8, 4) is 0 Å². The largest absolute Gasteiger partial charge is 0.381 e. The molecule has 2 rings (SSSR count). The van der Waals surface area contributed by atoms with Crippen molar-refractivity contribution in [3.05, 3.63) is 34.1 Å². The molecule has 0 radical (unpaired) electrons. The van der Waals surface area contributed by atoms with Crippen LogP contribution in [-0.2, 0) is 4.74 Å². The molecule has 1 atom stereocenters. The van der Waals surface area contributed by atoms with Crippen molar-refractivity contribution in [2.75, 3.05) is 13.2 Å². The number of hydrogen-bond donors (Lipinski definition) is 0. The second kappa shape index (κ2) is 4.41. The number of halogens is 2. The minimum Gasteiger partial charge on any atom is -0.381 e.